The summed E-state index contributed by atoms with van der Waals surface area (Å²) in [5, 5.41) is 0.616. The van der Waals surface area contributed by atoms with Crippen molar-refractivity contribution < 1.29 is 14.6 Å². The van der Waals surface area contributed by atoms with E-state index in [0.717, 1.165) is 5.56 Å². The van der Waals surface area contributed by atoms with Crippen molar-refractivity contribution in [3.05, 3.63) is 34.9 Å². The van der Waals surface area contributed by atoms with E-state index in [1.54, 1.807) is 12.1 Å². The fourth-order valence-electron chi connectivity index (χ4n) is 2.02. The Bertz CT molecular complexity index is 434. The fraction of sp³-hybridized carbons (Fsp3) is 0.462. The molecule has 1 aromatic rings. The molecule has 0 saturated carbocycles. The molecule has 0 amide bonds. The highest BCUT2D eigenvalue weighted by Gasteiger charge is 2.39. The van der Waals surface area contributed by atoms with E-state index in [1.807, 2.05) is 19.1 Å². The average molecular weight is 305 g/mol. The van der Waals surface area contributed by atoms with Gasteiger partial charge in [-0.1, -0.05) is 23.7 Å². The van der Waals surface area contributed by atoms with E-state index < -0.39 is 7.72 Å². The third kappa shape index (κ3) is 5.55. The summed E-state index contributed by atoms with van der Waals surface area (Å²) in [6.45, 7) is 3.16. The molecule has 2 atom stereocenters. The molecular formula is C13H20ClNO3P+. The Hall–Kier alpha value is -0.510. The zero-order valence-corrected chi connectivity index (χ0v) is 12.7. The second kappa shape index (κ2) is 6.78. The zero-order valence-electron chi connectivity index (χ0n) is 11.1. The molecule has 0 fully saturated rings. The van der Waals surface area contributed by atoms with Crippen LogP contribution in [0.2, 0.25) is 5.02 Å². The van der Waals surface area contributed by atoms with Gasteiger partial charge in [0.2, 0.25) is 0 Å². The van der Waals surface area contributed by atoms with Crippen LogP contribution >= 0.6 is 19.3 Å². The molecule has 0 spiro atoms. The molecular weight excluding hydrogens is 285 g/mol. The van der Waals surface area contributed by atoms with Crippen molar-refractivity contribution in [1.82, 2.24) is 0 Å². The molecule has 0 aliphatic heterocycles. The lowest BCUT2D eigenvalue weighted by atomic mass is 9.95. The quantitative estimate of drug-likeness (QED) is 0.704. The lowest BCUT2D eigenvalue weighted by Gasteiger charge is -2.23. The van der Waals surface area contributed by atoms with Crippen LogP contribution < -0.4 is 5.73 Å². The monoisotopic (exact) mass is 304 g/mol. The van der Waals surface area contributed by atoms with Gasteiger partial charge in [-0.05, 0) is 31.5 Å². The SMILES string of the molecule is CC(=O)C[P+](O)(O)CC(c1ccc(Cl)cc1)C(C)N. The van der Waals surface area contributed by atoms with E-state index in [0.29, 0.717) is 5.02 Å². The molecule has 19 heavy (non-hydrogen) atoms. The Balaban J connectivity index is 2.90. The molecule has 0 radical (unpaired) electrons. The van der Waals surface area contributed by atoms with Crippen LogP contribution in [0.25, 0.3) is 0 Å². The van der Waals surface area contributed by atoms with Crippen molar-refractivity contribution in [2.24, 2.45) is 5.73 Å². The molecule has 1 aromatic carbocycles. The first-order chi connectivity index (χ1) is 8.71. The third-order valence-corrected chi connectivity index (χ3v) is 5.08. The summed E-state index contributed by atoms with van der Waals surface area (Å²) < 4.78 is 0. The molecule has 2 unspecified atom stereocenters. The molecule has 1 rings (SSSR count). The van der Waals surface area contributed by atoms with Gasteiger partial charge < -0.3 is 5.73 Å². The average Bonchev–Trinajstić information content (AvgIpc) is 2.25. The fourth-order valence-corrected chi connectivity index (χ4v) is 4.16. The van der Waals surface area contributed by atoms with Crippen LogP contribution in [0, 0.1) is 0 Å². The predicted molar refractivity (Wildman–Crippen MR) is 79.6 cm³/mol. The second-order valence-electron chi connectivity index (χ2n) is 4.94. The van der Waals surface area contributed by atoms with Gasteiger partial charge in [0, 0.05) is 17.0 Å². The van der Waals surface area contributed by atoms with E-state index in [4.69, 9.17) is 17.3 Å². The van der Waals surface area contributed by atoms with Gasteiger partial charge in [0.25, 0.3) is 7.72 Å². The minimum atomic E-state index is -3.25. The van der Waals surface area contributed by atoms with Gasteiger partial charge in [-0.25, -0.2) is 9.79 Å². The lowest BCUT2D eigenvalue weighted by molar-refractivity contribution is -0.114. The van der Waals surface area contributed by atoms with E-state index in [9.17, 15) is 14.6 Å². The number of ketones is 1. The van der Waals surface area contributed by atoms with Crippen molar-refractivity contribution >= 4 is 25.1 Å². The molecule has 4 N–H and O–H groups in total. The van der Waals surface area contributed by atoms with Gasteiger partial charge >= 0.3 is 0 Å². The summed E-state index contributed by atoms with van der Waals surface area (Å²) in [6.07, 6.45) is -0.0737. The molecule has 0 heterocycles. The Kier molecular flexibility index (Phi) is 5.90. The number of halogens is 1. The molecule has 0 saturated heterocycles. The van der Waals surface area contributed by atoms with Crippen LogP contribution in [0.4, 0.5) is 0 Å². The van der Waals surface area contributed by atoms with Crippen LogP contribution in [-0.2, 0) is 4.79 Å². The number of carbonyl (C=O) groups is 1. The minimum Gasteiger partial charge on any atom is -0.327 e. The van der Waals surface area contributed by atoms with E-state index in [2.05, 4.69) is 0 Å². The van der Waals surface area contributed by atoms with Crippen molar-refractivity contribution in [3.8, 4) is 0 Å². The molecule has 6 heteroatoms. The standard InChI is InChI=1S/C13H20ClNO3P/c1-9(16)7-19(17,18)8-13(10(2)15)11-3-5-12(14)6-4-11/h3-6,10,13,17-18H,7-8,15H2,1-2H3/q+1. The summed E-state index contributed by atoms with van der Waals surface area (Å²) in [4.78, 5) is 31.0. The molecule has 106 valence electrons. The highest BCUT2D eigenvalue weighted by molar-refractivity contribution is 7.65. The number of carbonyl (C=O) groups excluding carboxylic acids is 1. The van der Waals surface area contributed by atoms with Gasteiger partial charge in [-0.15, -0.1) is 0 Å². The maximum absolute atomic E-state index is 11.1. The van der Waals surface area contributed by atoms with Crippen LogP contribution in [0.15, 0.2) is 24.3 Å². The number of hydrogen-bond donors (Lipinski definition) is 3. The second-order valence-corrected chi connectivity index (χ2v) is 7.81. The Morgan fingerprint density at radius 2 is 1.89 bits per heavy atom. The van der Waals surface area contributed by atoms with Gasteiger partial charge in [0.05, 0.1) is 0 Å². The van der Waals surface area contributed by atoms with Crippen LogP contribution in [0.5, 0.6) is 0 Å². The summed E-state index contributed by atoms with van der Waals surface area (Å²) in [7, 11) is -3.25. The Morgan fingerprint density at radius 3 is 2.32 bits per heavy atom. The van der Waals surface area contributed by atoms with Crippen molar-refractivity contribution in [2.45, 2.75) is 25.8 Å². The third-order valence-electron chi connectivity index (χ3n) is 2.90. The van der Waals surface area contributed by atoms with E-state index >= 15 is 0 Å². The molecule has 0 aliphatic carbocycles. The lowest BCUT2D eigenvalue weighted by Crippen LogP contribution is -2.29. The number of Topliss-reactive ketones (excluding diaryl/α,β-unsaturated/α-hetero) is 1. The minimum absolute atomic E-state index is 0.117. The first-order valence-corrected chi connectivity index (χ1v) is 8.48. The highest BCUT2D eigenvalue weighted by Crippen LogP contribution is 2.53. The van der Waals surface area contributed by atoms with Gasteiger partial charge in [0.1, 0.15) is 6.16 Å². The number of hydrogen-bond acceptors (Lipinski definition) is 4. The summed E-state index contributed by atoms with van der Waals surface area (Å²) in [5.41, 5.74) is 6.82. The van der Waals surface area contributed by atoms with Crippen LogP contribution in [0.1, 0.15) is 25.3 Å². The predicted octanol–water partition coefficient (Wildman–Crippen LogP) is 2.19. The maximum atomic E-state index is 11.1. The maximum Gasteiger partial charge on any atom is 0.275 e. The molecule has 4 nitrogen and oxygen atoms in total. The van der Waals surface area contributed by atoms with Crippen molar-refractivity contribution in [1.29, 1.82) is 0 Å². The van der Waals surface area contributed by atoms with Gasteiger partial charge in [-0.3, -0.25) is 4.79 Å². The number of benzene rings is 1. The van der Waals surface area contributed by atoms with E-state index in [1.165, 1.54) is 6.92 Å². The number of nitrogens with two attached hydrogens (primary N) is 1. The van der Waals surface area contributed by atoms with E-state index in [-0.39, 0.29) is 30.1 Å². The van der Waals surface area contributed by atoms with Gasteiger partial charge in [0.15, 0.2) is 11.9 Å². The molecule has 0 aliphatic rings. The Labute approximate surface area is 119 Å². The van der Waals surface area contributed by atoms with Crippen molar-refractivity contribution in [3.63, 3.8) is 0 Å². The number of rotatable bonds is 6. The highest BCUT2D eigenvalue weighted by atomic mass is 35.5. The molecule has 0 aromatic heterocycles. The zero-order chi connectivity index (χ0) is 14.6. The summed E-state index contributed by atoms with van der Waals surface area (Å²) in [6, 6.07) is 6.89. The van der Waals surface area contributed by atoms with Crippen LogP contribution in [-0.4, -0.2) is 33.9 Å². The largest absolute Gasteiger partial charge is 0.327 e. The Morgan fingerprint density at radius 1 is 1.37 bits per heavy atom. The van der Waals surface area contributed by atoms with Crippen LogP contribution in [0.3, 0.4) is 0 Å². The first kappa shape index (κ1) is 16.5. The summed E-state index contributed by atoms with van der Waals surface area (Å²) >= 11 is 5.83. The summed E-state index contributed by atoms with van der Waals surface area (Å²) in [5.74, 6) is -0.433. The first-order valence-electron chi connectivity index (χ1n) is 6.04. The molecule has 0 bridgehead atoms. The smallest absolute Gasteiger partial charge is 0.275 e. The van der Waals surface area contributed by atoms with Crippen molar-refractivity contribution in [2.75, 3.05) is 12.3 Å². The normalized spacial score (nSPS) is 15.1. The van der Waals surface area contributed by atoms with Gasteiger partial charge in [-0.2, -0.15) is 0 Å². The topological polar surface area (TPSA) is 83.5 Å².